The quantitative estimate of drug-likeness (QED) is 0.850. The fourth-order valence-corrected chi connectivity index (χ4v) is 6.82. The Bertz CT molecular complexity index is 511. The fourth-order valence-electron chi connectivity index (χ4n) is 1.96. The molecule has 20 heavy (non-hydrogen) atoms. The van der Waals surface area contributed by atoms with Crippen LogP contribution in [0.1, 0.15) is 20.3 Å². The summed E-state index contributed by atoms with van der Waals surface area (Å²) >= 11 is 6.97. The Morgan fingerprint density at radius 2 is 1.35 bits per heavy atom. The van der Waals surface area contributed by atoms with E-state index in [0.29, 0.717) is 9.16 Å². The van der Waals surface area contributed by atoms with Crippen LogP contribution in [0.4, 0.5) is 0 Å². The van der Waals surface area contributed by atoms with Crippen LogP contribution in [0.3, 0.4) is 0 Å². The van der Waals surface area contributed by atoms with Crippen LogP contribution in [0.2, 0.25) is 0 Å². The van der Waals surface area contributed by atoms with Crippen molar-refractivity contribution in [3.05, 3.63) is 56.0 Å². The molecule has 2 nitrogen and oxygen atoms in total. The van der Waals surface area contributed by atoms with Gasteiger partial charge in [-0.1, -0.05) is 24.3 Å². The van der Waals surface area contributed by atoms with Gasteiger partial charge in [0.2, 0.25) is 0 Å². The first-order chi connectivity index (χ1) is 9.80. The van der Waals surface area contributed by atoms with Gasteiger partial charge in [-0.05, 0) is 21.9 Å². The molecule has 2 N–H and O–H groups in total. The van der Waals surface area contributed by atoms with Gasteiger partial charge in [-0.25, -0.2) is 0 Å². The Kier molecular flexibility index (Phi) is 5.12. The smallest absolute Gasteiger partial charge is 0.0837 e. The molecule has 0 aromatic heterocycles. The third-order valence-corrected chi connectivity index (χ3v) is 8.42. The van der Waals surface area contributed by atoms with Crippen LogP contribution in [-0.2, 0) is 0 Å². The first kappa shape index (κ1) is 14.9. The largest absolute Gasteiger partial charge is 0.391 e. The molecule has 0 spiro atoms. The van der Waals surface area contributed by atoms with E-state index in [-0.39, 0.29) is 13.2 Å². The normalized spacial score (nSPS) is 25.7. The second-order valence-corrected chi connectivity index (χ2v) is 9.34. The molecule has 0 saturated heterocycles. The Morgan fingerprint density at radius 1 is 0.850 bits per heavy atom. The summed E-state index contributed by atoms with van der Waals surface area (Å²) in [6.45, 7) is 0.262. The maximum absolute atomic E-state index is 9.17. The molecule has 2 atom stereocenters. The zero-order valence-electron chi connectivity index (χ0n) is 10.6. The Balaban J connectivity index is 1.71. The first-order valence-electron chi connectivity index (χ1n) is 6.14. The van der Waals surface area contributed by atoms with Crippen LogP contribution < -0.4 is 0 Å². The molecule has 1 aromatic rings. The Morgan fingerprint density at radius 3 is 1.75 bits per heavy atom. The molecule has 1 aromatic carbocycles. The minimum Gasteiger partial charge on any atom is -0.391 e. The van der Waals surface area contributed by atoms with E-state index in [4.69, 9.17) is 0 Å². The highest BCUT2D eigenvalue weighted by atomic mass is 32.2. The maximum Gasteiger partial charge on any atom is 0.0837 e. The zero-order valence-corrected chi connectivity index (χ0v) is 13.8. The van der Waals surface area contributed by atoms with E-state index in [1.807, 2.05) is 10.8 Å². The molecule has 0 radical (unpaired) electrons. The molecule has 3 rings (SSSR count). The molecular formula is C14H14O2S4. The summed E-state index contributed by atoms with van der Waals surface area (Å²) < 4.78 is 0.692. The number of hydrogen-bond donors (Lipinski definition) is 2. The van der Waals surface area contributed by atoms with Gasteiger partial charge in [0.1, 0.15) is 0 Å². The van der Waals surface area contributed by atoms with Crippen molar-refractivity contribution in [2.75, 3.05) is 13.2 Å². The van der Waals surface area contributed by atoms with E-state index in [1.165, 1.54) is 11.1 Å². The highest BCUT2D eigenvalue weighted by Gasteiger charge is 2.23. The number of benzene rings is 1. The van der Waals surface area contributed by atoms with E-state index in [0.717, 1.165) is 9.81 Å². The average molecular weight is 343 g/mol. The van der Waals surface area contributed by atoms with Crippen molar-refractivity contribution in [1.29, 1.82) is 0 Å². The summed E-state index contributed by atoms with van der Waals surface area (Å²) in [5.41, 5.74) is 2.58. The standard InChI is InChI=1S/C14H14O2S4/c15-5-11-7-17-13(19-11)9-2-1-3-10(4-9)14-18-8-12(6-16)20-14/h1-4,7-8,13-16H,5-6H2. The summed E-state index contributed by atoms with van der Waals surface area (Å²) in [7, 11) is 0. The molecule has 0 aliphatic carbocycles. The number of hydrogen-bond acceptors (Lipinski definition) is 6. The zero-order chi connectivity index (χ0) is 13.9. The highest BCUT2D eigenvalue weighted by molar-refractivity contribution is 8.22. The summed E-state index contributed by atoms with van der Waals surface area (Å²) in [4.78, 5) is 2.08. The van der Waals surface area contributed by atoms with E-state index in [9.17, 15) is 10.2 Å². The van der Waals surface area contributed by atoms with Crippen LogP contribution in [-0.4, -0.2) is 23.4 Å². The van der Waals surface area contributed by atoms with Crippen LogP contribution in [0.15, 0.2) is 44.9 Å². The summed E-state index contributed by atoms with van der Waals surface area (Å²) in [5, 5.41) is 22.4. The van der Waals surface area contributed by atoms with Crippen LogP contribution in [0.5, 0.6) is 0 Å². The summed E-state index contributed by atoms with van der Waals surface area (Å²) in [5.74, 6) is 0. The average Bonchev–Trinajstić information content (AvgIpc) is 3.16. The Labute approximate surface area is 135 Å². The second-order valence-electron chi connectivity index (χ2n) is 4.33. The van der Waals surface area contributed by atoms with Gasteiger partial charge in [-0.3, -0.25) is 0 Å². The summed E-state index contributed by atoms with van der Waals surface area (Å²) in [6.07, 6.45) is 0. The Hall–Kier alpha value is 0.0200. The number of thioether (sulfide) groups is 4. The lowest BCUT2D eigenvalue weighted by molar-refractivity contribution is 0.339. The molecule has 0 saturated carbocycles. The number of rotatable bonds is 4. The van der Waals surface area contributed by atoms with Gasteiger partial charge in [0, 0.05) is 9.81 Å². The monoisotopic (exact) mass is 342 g/mol. The van der Waals surface area contributed by atoms with Gasteiger partial charge in [-0.2, -0.15) is 0 Å². The fraction of sp³-hybridized carbons (Fsp3) is 0.286. The maximum atomic E-state index is 9.17. The molecule has 6 heteroatoms. The minimum atomic E-state index is 0.131. The molecule has 0 amide bonds. The minimum absolute atomic E-state index is 0.131. The van der Waals surface area contributed by atoms with Crippen molar-refractivity contribution in [2.45, 2.75) is 9.16 Å². The van der Waals surface area contributed by atoms with Crippen LogP contribution >= 0.6 is 47.0 Å². The van der Waals surface area contributed by atoms with Gasteiger partial charge < -0.3 is 10.2 Å². The molecule has 106 valence electrons. The highest BCUT2D eigenvalue weighted by Crippen LogP contribution is 2.53. The van der Waals surface area contributed by atoms with E-state index < -0.39 is 0 Å². The van der Waals surface area contributed by atoms with Gasteiger partial charge in [0.05, 0.1) is 22.4 Å². The molecule has 0 bridgehead atoms. The molecule has 0 fully saturated rings. The van der Waals surface area contributed by atoms with Crippen molar-refractivity contribution in [3.8, 4) is 0 Å². The number of aliphatic hydroxyl groups is 2. The van der Waals surface area contributed by atoms with Gasteiger partial charge >= 0.3 is 0 Å². The summed E-state index contributed by atoms with van der Waals surface area (Å²) in [6, 6.07) is 8.64. The second kappa shape index (κ2) is 6.85. The van der Waals surface area contributed by atoms with E-state index in [1.54, 1.807) is 47.0 Å². The topological polar surface area (TPSA) is 40.5 Å². The third kappa shape index (κ3) is 3.26. The van der Waals surface area contributed by atoms with Crippen LogP contribution in [0.25, 0.3) is 0 Å². The van der Waals surface area contributed by atoms with Crippen molar-refractivity contribution >= 4 is 47.0 Å². The van der Waals surface area contributed by atoms with Crippen molar-refractivity contribution in [1.82, 2.24) is 0 Å². The lowest BCUT2D eigenvalue weighted by Crippen LogP contribution is -1.92. The SMILES string of the molecule is OCC1=CSC(c2cccc(C3SC=C(CO)S3)c2)S1. The van der Waals surface area contributed by atoms with E-state index >= 15 is 0 Å². The van der Waals surface area contributed by atoms with Gasteiger partial charge in [0.15, 0.2) is 0 Å². The first-order valence-corrected chi connectivity index (χ1v) is 9.78. The predicted molar refractivity (Wildman–Crippen MR) is 92.6 cm³/mol. The van der Waals surface area contributed by atoms with Crippen LogP contribution in [0, 0.1) is 0 Å². The number of aliphatic hydroxyl groups excluding tert-OH is 2. The van der Waals surface area contributed by atoms with Gasteiger partial charge in [0.25, 0.3) is 0 Å². The lowest BCUT2D eigenvalue weighted by Gasteiger charge is -2.14. The molecular weight excluding hydrogens is 328 g/mol. The molecule has 2 aliphatic heterocycles. The van der Waals surface area contributed by atoms with E-state index in [2.05, 4.69) is 24.3 Å². The van der Waals surface area contributed by atoms with Crippen molar-refractivity contribution in [3.63, 3.8) is 0 Å². The van der Waals surface area contributed by atoms with Crippen molar-refractivity contribution < 1.29 is 10.2 Å². The van der Waals surface area contributed by atoms with Crippen molar-refractivity contribution in [2.24, 2.45) is 0 Å². The molecule has 2 aliphatic rings. The molecule has 2 unspecified atom stereocenters. The lowest BCUT2D eigenvalue weighted by atomic mass is 10.1. The van der Waals surface area contributed by atoms with Gasteiger partial charge in [-0.15, -0.1) is 47.0 Å². The third-order valence-electron chi connectivity index (χ3n) is 2.93. The molecule has 2 heterocycles. The predicted octanol–water partition coefficient (Wildman–Crippen LogP) is 4.31.